The third-order valence-corrected chi connectivity index (χ3v) is 3.50. The van der Waals surface area contributed by atoms with Crippen LogP contribution < -0.4 is 5.73 Å². The topological polar surface area (TPSA) is 26.0 Å². The molecule has 0 aromatic heterocycles. The van der Waals surface area contributed by atoms with Gasteiger partial charge in [0.05, 0.1) is 5.37 Å². The summed E-state index contributed by atoms with van der Waals surface area (Å²) in [5.41, 5.74) is 5.73. The molecule has 0 radical (unpaired) electrons. The zero-order valence-electron chi connectivity index (χ0n) is 5.42. The van der Waals surface area contributed by atoms with Crippen molar-refractivity contribution in [2.24, 2.45) is 17.6 Å². The average Bonchev–Trinajstić information content (AvgIpc) is 1.98. The molecule has 3 atom stereocenters. The molecule has 2 N–H and O–H groups in total. The molecule has 8 heavy (non-hydrogen) atoms. The Kier molecular flexibility index (Phi) is 1.83. The second-order valence-corrected chi connectivity index (χ2v) is 3.85. The van der Waals surface area contributed by atoms with E-state index in [1.54, 1.807) is 0 Å². The summed E-state index contributed by atoms with van der Waals surface area (Å²) in [4.78, 5) is 0. The van der Waals surface area contributed by atoms with E-state index in [4.69, 9.17) is 5.73 Å². The van der Waals surface area contributed by atoms with E-state index in [0.717, 1.165) is 11.8 Å². The van der Waals surface area contributed by atoms with Crippen molar-refractivity contribution in [2.75, 3.05) is 5.75 Å². The lowest BCUT2D eigenvalue weighted by Crippen LogP contribution is -2.21. The van der Waals surface area contributed by atoms with Crippen molar-refractivity contribution in [1.82, 2.24) is 0 Å². The van der Waals surface area contributed by atoms with E-state index in [2.05, 4.69) is 13.8 Å². The molecule has 0 saturated carbocycles. The van der Waals surface area contributed by atoms with Crippen LogP contribution >= 0.6 is 11.8 Å². The fraction of sp³-hybridized carbons (Fsp3) is 1.00. The fourth-order valence-electron chi connectivity index (χ4n) is 0.890. The van der Waals surface area contributed by atoms with E-state index in [9.17, 15) is 0 Å². The van der Waals surface area contributed by atoms with Crippen molar-refractivity contribution in [1.29, 1.82) is 0 Å². The largest absolute Gasteiger partial charge is 0.319 e. The predicted octanol–water partition coefficient (Wildman–Crippen LogP) is 1.29. The van der Waals surface area contributed by atoms with E-state index in [-0.39, 0.29) is 0 Å². The van der Waals surface area contributed by atoms with Gasteiger partial charge in [-0.15, -0.1) is 11.8 Å². The van der Waals surface area contributed by atoms with E-state index < -0.39 is 0 Å². The molecule has 0 aromatic rings. The molecule has 48 valence electrons. The molecular formula is C6H13NS. The van der Waals surface area contributed by atoms with Crippen LogP contribution in [0.1, 0.15) is 13.8 Å². The zero-order valence-corrected chi connectivity index (χ0v) is 6.24. The molecule has 1 saturated heterocycles. The lowest BCUT2D eigenvalue weighted by molar-refractivity contribution is 0.441. The highest BCUT2D eigenvalue weighted by atomic mass is 32.2. The third-order valence-electron chi connectivity index (χ3n) is 1.97. The first-order chi connectivity index (χ1) is 3.72. The van der Waals surface area contributed by atoms with Gasteiger partial charge in [0.25, 0.3) is 0 Å². The number of nitrogens with two attached hydrogens (primary N) is 1. The Balaban J connectivity index is 2.44. The highest BCUT2D eigenvalue weighted by Crippen LogP contribution is 2.32. The van der Waals surface area contributed by atoms with Crippen molar-refractivity contribution >= 4 is 11.8 Å². The van der Waals surface area contributed by atoms with Crippen LogP contribution in [0.5, 0.6) is 0 Å². The minimum atomic E-state index is 0.407. The summed E-state index contributed by atoms with van der Waals surface area (Å²) in [5, 5.41) is 0.407. The van der Waals surface area contributed by atoms with Gasteiger partial charge >= 0.3 is 0 Å². The Bertz CT molecular complexity index is 74.6. The summed E-state index contributed by atoms with van der Waals surface area (Å²) in [6.45, 7) is 4.50. The van der Waals surface area contributed by atoms with Crippen molar-refractivity contribution in [3.63, 3.8) is 0 Å². The van der Waals surface area contributed by atoms with Gasteiger partial charge in [-0.1, -0.05) is 13.8 Å². The van der Waals surface area contributed by atoms with Crippen molar-refractivity contribution in [2.45, 2.75) is 19.2 Å². The fourth-order valence-corrected chi connectivity index (χ4v) is 2.29. The van der Waals surface area contributed by atoms with Gasteiger partial charge in [-0.25, -0.2) is 0 Å². The maximum Gasteiger partial charge on any atom is 0.0536 e. The highest BCUT2D eigenvalue weighted by molar-refractivity contribution is 8.00. The van der Waals surface area contributed by atoms with Gasteiger partial charge in [-0.2, -0.15) is 0 Å². The molecule has 0 bridgehead atoms. The Morgan fingerprint density at radius 1 is 1.50 bits per heavy atom. The van der Waals surface area contributed by atoms with Gasteiger partial charge in [0.1, 0.15) is 0 Å². The molecule has 3 unspecified atom stereocenters. The van der Waals surface area contributed by atoms with Gasteiger partial charge in [0.15, 0.2) is 0 Å². The molecule has 0 aromatic carbocycles. The Morgan fingerprint density at radius 3 is 2.25 bits per heavy atom. The molecule has 0 spiro atoms. The molecule has 1 fully saturated rings. The maximum absolute atomic E-state index is 5.73. The summed E-state index contributed by atoms with van der Waals surface area (Å²) in [7, 11) is 0. The number of thioether (sulfide) groups is 1. The van der Waals surface area contributed by atoms with Crippen LogP contribution in [0, 0.1) is 11.8 Å². The monoisotopic (exact) mass is 131 g/mol. The van der Waals surface area contributed by atoms with Gasteiger partial charge in [-0.3, -0.25) is 0 Å². The Hall–Kier alpha value is 0.310. The van der Waals surface area contributed by atoms with Crippen LogP contribution in [0.25, 0.3) is 0 Å². The third kappa shape index (κ3) is 1.00. The predicted molar refractivity (Wildman–Crippen MR) is 38.8 cm³/mol. The van der Waals surface area contributed by atoms with Crippen LogP contribution in [0.2, 0.25) is 0 Å². The minimum Gasteiger partial charge on any atom is -0.319 e. The van der Waals surface area contributed by atoms with E-state index in [0.29, 0.717) is 5.37 Å². The van der Waals surface area contributed by atoms with Crippen LogP contribution in [-0.2, 0) is 0 Å². The van der Waals surface area contributed by atoms with E-state index >= 15 is 0 Å². The lowest BCUT2D eigenvalue weighted by Gasteiger charge is -2.10. The van der Waals surface area contributed by atoms with E-state index in [1.807, 2.05) is 11.8 Å². The molecule has 1 heterocycles. The van der Waals surface area contributed by atoms with Crippen LogP contribution in [0.4, 0.5) is 0 Å². The van der Waals surface area contributed by atoms with Gasteiger partial charge in [0.2, 0.25) is 0 Å². The average molecular weight is 131 g/mol. The smallest absolute Gasteiger partial charge is 0.0536 e. The van der Waals surface area contributed by atoms with Crippen LogP contribution in [-0.4, -0.2) is 11.1 Å². The molecule has 2 heteroatoms. The zero-order chi connectivity index (χ0) is 6.15. The molecule has 1 nitrogen and oxygen atoms in total. The number of hydrogen-bond donors (Lipinski definition) is 1. The van der Waals surface area contributed by atoms with E-state index in [1.165, 1.54) is 5.75 Å². The molecule has 1 aliphatic heterocycles. The Labute approximate surface area is 55.0 Å². The standard InChI is InChI=1S/C6H13NS/c1-4-3-8-6(7)5(4)2/h4-6H,3,7H2,1-2H3. The summed E-state index contributed by atoms with van der Waals surface area (Å²) >= 11 is 1.89. The van der Waals surface area contributed by atoms with Gasteiger partial charge in [0, 0.05) is 0 Å². The second-order valence-electron chi connectivity index (χ2n) is 2.63. The summed E-state index contributed by atoms with van der Waals surface area (Å²) in [6, 6.07) is 0. The van der Waals surface area contributed by atoms with Crippen molar-refractivity contribution in [3.8, 4) is 0 Å². The SMILES string of the molecule is CC1CSC(N)C1C. The van der Waals surface area contributed by atoms with Crippen LogP contribution in [0.3, 0.4) is 0 Å². The van der Waals surface area contributed by atoms with Gasteiger partial charge in [-0.05, 0) is 17.6 Å². The van der Waals surface area contributed by atoms with Crippen LogP contribution in [0.15, 0.2) is 0 Å². The first-order valence-corrected chi connectivity index (χ1v) is 4.14. The van der Waals surface area contributed by atoms with Crippen molar-refractivity contribution in [3.05, 3.63) is 0 Å². The Morgan fingerprint density at radius 2 is 2.12 bits per heavy atom. The molecular weight excluding hydrogens is 118 g/mol. The first-order valence-electron chi connectivity index (χ1n) is 3.09. The quantitative estimate of drug-likeness (QED) is 0.536. The van der Waals surface area contributed by atoms with Gasteiger partial charge < -0.3 is 5.73 Å². The summed E-state index contributed by atoms with van der Waals surface area (Å²) in [6.07, 6.45) is 0. The minimum absolute atomic E-state index is 0.407. The maximum atomic E-state index is 5.73. The molecule has 0 aliphatic carbocycles. The van der Waals surface area contributed by atoms with Crippen molar-refractivity contribution < 1.29 is 0 Å². The second kappa shape index (κ2) is 2.28. The normalized spacial score (nSPS) is 47.6. The summed E-state index contributed by atoms with van der Waals surface area (Å²) in [5.74, 6) is 2.80. The number of rotatable bonds is 0. The first kappa shape index (κ1) is 6.43. The molecule has 1 aliphatic rings. The number of hydrogen-bond acceptors (Lipinski definition) is 2. The lowest BCUT2D eigenvalue weighted by atomic mass is 9.99. The molecule has 1 rings (SSSR count). The highest BCUT2D eigenvalue weighted by Gasteiger charge is 2.26. The molecule has 0 amide bonds. The summed E-state index contributed by atoms with van der Waals surface area (Å²) < 4.78 is 0.